The first-order chi connectivity index (χ1) is 14.7. The standard InChI is InChI=1S/C18H25N3O3.C2HF3O2/c22-18(21-5-2-6-24-21)7-15-12-23-13-16-10-20(11-17(15)16)9-14-3-1-4-19-8-14;3-2(4,5)1(6)7/h1,3-4,8,15-17H,2,5-7,9-13H2;(H,6,7)/t15-,16-,17+;/m1./s1. The first kappa shape index (κ1) is 23.4. The smallest absolute Gasteiger partial charge is 0.475 e. The van der Waals surface area contributed by atoms with Crippen LogP contribution in [0.5, 0.6) is 0 Å². The molecule has 1 N–H and O–H groups in total. The maximum absolute atomic E-state index is 12.4. The Hall–Kier alpha value is -2.24. The van der Waals surface area contributed by atoms with E-state index in [2.05, 4.69) is 16.0 Å². The van der Waals surface area contributed by atoms with Gasteiger partial charge in [-0.1, -0.05) is 6.07 Å². The number of carboxylic acids is 1. The quantitative estimate of drug-likeness (QED) is 0.758. The molecule has 0 saturated carbocycles. The minimum atomic E-state index is -5.08. The number of rotatable bonds is 4. The molecule has 3 fully saturated rings. The fraction of sp³-hybridized carbons (Fsp3) is 0.650. The van der Waals surface area contributed by atoms with Crippen LogP contribution in [0.2, 0.25) is 0 Å². The Balaban J connectivity index is 0.000000339. The lowest BCUT2D eigenvalue weighted by molar-refractivity contribution is -0.192. The number of pyridine rings is 1. The molecule has 0 spiro atoms. The topological polar surface area (TPSA) is 92.2 Å². The number of fused-ring (bicyclic) bond motifs is 1. The van der Waals surface area contributed by atoms with Gasteiger partial charge in [0.25, 0.3) is 0 Å². The number of nitrogens with zero attached hydrogens (tertiary/aromatic N) is 3. The van der Waals surface area contributed by atoms with Crippen molar-refractivity contribution >= 4 is 11.9 Å². The number of hydrogen-bond donors (Lipinski definition) is 1. The summed E-state index contributed by atoms with van der Waals surface area (Å²) in [7, 11) is 0. The molecule has 4 rings (SSSR count). The third-order valence-corrected chi connectivity index (χ3v) is 5.68. The normalized spacial score (nSPS) is 26.2. The molecule has 0 unspecified atom stereocenters. The predicted molar refractivity (Wildman–Crippen MR) is 101 cm³/mol. The molecule has 172 valence electrons. The number of amides is 1. The molecule has 0 radical (unpaired) electrons. The van der Waals surface area contributed by atoms with Gasteiger partial charge in [-0.05, 0) is 35.8 Å². The summed E-state index contributed by atoms with van der Waals surface area (Å²) in [4.78, 5) is 33.4. The molecule has 0 bridgehead atoms. The zero-order valence-electron chi connectivity index (χ0n) is 17.0. The molecule has 1 amide bonds. The van der Waals surface area contributed by atoms with Gasteiger partial charge in [-0.2, -0.15) is 13.2 Å². The number of alkyl halides is 3. The van der Waals surface area contributed by atoms with Crippen LogP contribution in [-0.4, -0.2) is 77.6 Å². The second-order valence-corrected chi connectivity index (χ2v) is 7.97. The van der Waals surface area contributed by atoms with Crippen LogP contribution in [0.25, 0.3) is 0 Å². The average Bonchev–Trinajstić information content (AvgIpc) is 3.39. The largest absolute Gasteiger partial charge is 0.490 e. The van der Waals surface area contributed by atoms with Crippen LogP contribution in [0.3, 0.4) is 0 Å². The zero-order chi connectivity index (χ0) is 22.4. The Labute approximate surface area is 177 Å². The van der Waals surface area contributed by atoms with Crippen LogP contribution in [0.1, 0.15) is 18.4 Å². The van der Waals surface area contributed by atoms with Crippen LogP contribution >= 0.6 is 0 Å². The Morgan fingerprint density at radius 2 is 2.03 bits per heavy atom. The number of halogens is 3. The van der Waals surface area contributed by atoms with Gasteiger partial charge in [-0.25, -0.2) is 9.86 Å². The summed E-state index contributed by atoms with van der Waals surface area (Å²) >= 11 is 0. The van der Waals surface area contributed by atoms with Crippen LogP contribution in [-0.2, 0) is 25.7 Å². The van der Waals surface area contributed by atoms with Crippen molar-refractivity contribution in [2.45, 2.75) is 25.6 Å². The van der Waals surface area contributed by atoms with E-state index in [1.165, 1.54) is 5.56 Å². The Bertz CT molecular complexity index is 743. The van der Waals surface area contributed by atoms with E-state index in [1.807, 2.05) is 18.5 Å². The molecule has 3 saturated heterocycles. The SMILES string of the molecule is O=C(C[C@@H]1COC[C@H]2CN(Cc3cccnc3)C[C@@H]12)N1CCCO1.O=C(O)C(F)(F)F. The minimum absolute atomic E-state index is 0.118. The highest BCUT2D eigenvalue weighted by atomic mass is 19.4. The number of carbonyl (C=O) groups excluding carboxylic acids is 1. The molecular formula is C20H26F3N3O5. The van der Waals surface area contributed by atoms with Crippen molar-refractivity contribution < 1.29 is 37.4 Å². The average molecular weight is 445 g/mol. The Morgan fingerprint density at radius 3 is 2.65 bits per heavy atom. The second-order valence-electron chi connectivity index (χ2n) is 7.97. The minimum Gasteiger partial charge on any atom is -0.475 e. The van der Waals surface area contributed by atoms with Gasteiger partial charge in [-0.15, -0.1) is 0 Å². The first-order valence-electron chi connectivity index (χ1n) is 10.2. The number of ether oxygens (including phenoxy) is 1. The highest BCUT2D eigenvalue weighted by Crippen LogP contribution is 2.36. The zero-order valence-corrected chi connectivity index (χ0v) is 17.0. The number of carbonyl (C=O) groups is 2. The fourth-order valence-corrected chi connectivity index (χ4v) is 4.25. The lowest BCUT2D eigenvalue weighted by Gasteiger charge is -2.33. The summed E-state index contributed by atoms with van der Waals surface area (Å²) in [6, 6.07) is 4.11. The number of aromatic nitrogens is 1. The van der Waals surface area contributed by atoms with Crippen molar-refractivity contribution in [3.05, 3.63) is 30.1 Å². The maximum atomic E-state index is 12.4. The number of hydrogen-bond acceptors (Lipinski definition) is 6. The summed E-state index contributed by atoms with van der Waals surface area (Å²) in [5.41, 5.74) is 1.25. The van der Waals surface area contributed by atoms with E-state index in [0.29, 0.717) is 37.4 Å². The van der Waals surface area contributed by atoms with Crippen molar-refractivity contribution in [1.29, 1.82) is 0 Å². The number of likely N-dealkylation sites (tertiary alicyclic amines) is 1. The van der Waals surface area contributed by atoms with Crippen LogP contribution < -0.4 is 0 Å². The molecule has 4 heterocycles. The van der Waals surface area contributed by atoms with Crippen LogP contribution in [0.15, 0.2) is 24.5 Å². The molecular weight excluding hydrogens is 419 g/mol. The van der Waals surface area contributed by atoms with Crippen molar-refractivity contribution in [2.24, 2.45) is 17.8 Å². The summed E-state index contributed by atoms with van der Waals surface area (Å²) in [5.74, 6) is -1.26. The van der Waals surface area contributed by atoms with Gasteiger partial charge in [-0.3, -0.25) is 19.5 Å². The van der Waals surface area contributed by atoms with Gasteiger partial charge in [0.15, 0.2) is 0 Å². The van der Waals surface area contributed by atoms with E-state index < -0.39 is 12.1 Å². The monoisotopic (exact) mass is 445 g/mol. The van der Waals surface area contributed by atoms with Gasteiger partial charge in [0.05, 0.1) is 26.4 Å². The van der Waals surface area contributed by atoms with Crippen molar-refractivity contribution in [1.82, 2.24) is 14.9 Å². The van der Waals surface area contributed by atoms with Gasteiger partial charge in [0, 0.05) is 38.4 Å². The summed E-state index contributed by atoms with van der Waals surface area (Å²) in [5, 5.41) is 8.67. The van der Waals surface area contributed by atoms with E-state index in [1.54, 1.807) is 5.06 Å². The second kappa shape index (κ2) is 10.4. The third-order valence-electron chi connectivity index (χ3n) is 5.68. The van der Waals surface area contributed by atoms with Crippen LogP contribution in [0.4, 0.5) is 13.2 Å². The Morgan fingerprint density at radius 1 is 1.26 bits per heavy atom. The molecule has 31 heavy (non-hydrogen) atoms. The Kier molecular flexibility index (Phi) is 7.84. The highest BCUT2D eigenvalue weighted by molar-refractivity contribution is 5.75. The van der Waals surface area contributed by atoms with Crippen molar-refractivity contribution in [3.63, 3.8) is 0 Å². The fourth-order valence-electron chi connectivity index (χ4n) is 4.25. The molecule has 8 nitrogen and oxygen atoms in total. The molecule has 0 aliphatic carbocycles. The van der Waals surface area contributed by atoms with E-state index in [0.717, 1.165) is 39.2 Å². The molecule has 0 aromatic carbocycles. The van der Waals surface area contributed by atoms with Crippen LogP contribution in [0, 0.1) is 17.8 Å². The number of carboxylic acid groups (broad SMARTS) is 1. The van der Waals surface area contributed by atoms with Gasteiger partial charge in [0.2, 0.25) is 5.91 Å². The van der Waals surface area contributed by atoms with Crippen molar-refractivity contribution in [3.8, 4) is 0 Å². The van der Waals surface area contributed by atoms with E-state index in [9.17, 15) is 18.0 Å². The molecule has 3 aliphatic heterocycles. The van der Waals surface area contributed by atoms with E-state index >= 15 is 0 Å². The number of hydroxylamine groups is 2. The van der Waals surface area contributed by atoms with Gasteiger partial charge >= 0.3 is 12.1 Å². The lowest BCUT2D eigenvalue weighted by atomic mass is 9.81. The molecule has 1 aromatic rings. The van der Waals surface area contributed by atoms with E-state index in [4.69, 9.17) is 19.5 Å². The third kappa shape index (κ3) is 6.62. The maximum Gasteiger partial charge on any atom is 0.490 e. The van der Waals surface area contributed by atoms with Gasteiger partial charge in [0.1, 0.15) is 0 Å². The number of aliphatic carboxylic acids is 1. The first-order valence-corrected chi connectivity index (χ1v) is 10.2. The van der Waals surface area contributed by atoms with Crippen molar-refractivity contribution in [2.75, 3.05) is 39.5 Å². The van der Waals surface area contributed by atoms with E-state index in [-0.39, 0.29) is 5.91 Å². The summed E-state index contributed by atoms with van der Waals surface area (Å²) < 4.78 is 37.5. The summed E-state index contributed by atoms with van der Waals surface area (Å²) in [6.07, 6.45) is 0.146. The molecule has 1 aromatic heterocycles. The molecule has 11 heteroatoms. The lowest BCUT2D eigenvalue weighted by Crippen LogP contribution is -2.38. The highest BCUT2D eigenvalue weighted by Gasteiger charge is 2.42. The molecule has 3 aliphatic rings. The summed E-state index contributed by atoms with van der Waals surface area (Å²) in [6.45, 7) is 5.93. The molecule has 3 atom stereocenters. The predicted octanol–water partition coefficient (Wildman–Crippen LogP) is 1.96. The van der Waals surface area contributed by atoms with Gasteiger partial charge < -0.3 is 9.84 Å².